The highest BCUT2D eigenvalue weighted by molar-refractivity contribution is 6.32. The molecule has 1 aliphatic rings. The summed E-state index contributed by atoms with van der Waals surface area (Å²) in [6.45, 7) is 5.31. The molecule has 0 radical (unpaired) electrons. The topological polar surface area (TPSA) is 66.8 Å². The molecule has 5 heteroatoms. The number of benzene rings is 1. The Labute approximate surface area is 123 Å². The standard InChI is InChI=1S/C15H19ClO4/c1-13(2)7-14(3,18)15(19,8-17)9-5-6-10(16)12(20-4)11(9)13/h5-6,8,18-19H,7H2,1-4H3. The minimum atomic E-state index is -1.98. The summed E-state index contributed by atoms with van der Waals surface area (Å²) in [5.74, 6) is 0.435. The Bertz CT molecular complexity index is 565. The van der Waals surface area contributed by atoms with E-state index in [1.54, 1.807) is 12.1 Å². The van der Waals surface area contributed by atoms with Crippen LogP contribution in [0.1, 0.15) is 38.3 Å². The second-order valence-electron chi connectivity index (χ2n) is 6.22. The van der Waals surface area contributed by atoms with Crippen molar-refractivity contribution in [2.75, 3.05) is 7.11 Å². The molecule has 20 heavy (non-hydrogen) atoms. The van der Waals surface area contributed by atoms with Crippen LogP contribution in [-0.4, -0.2) is 29.2 Å². The Hall–Kier alpha value is -1.10. The molecule has 2 unspecified atom stereocenters. The summed E-state index contributed by atoms with van der Waals surface area (Å²) in [4.78, 5) is 11.5. The molecule has 0 heterocycles. The van der Waals surface area contributed by atoms with Gasteiger partial charge in [-0.25, -0.2) is 0 Å². The summed E-state index contributed by atoms with van der Waals surface area (Å²) in [6.07, 6.45) is 0.591. The van der Waals surface area contributed by atoms with Crippen LogP contribution in [0, 0.1) is 0 Å². The van der Waals surface area contributed by atoms with Crippen LogP contribution in [0.25, 0.3) is 0 Å². The van der Waals surface area contributed by atoms with Crippen LogP contribution in [0.3, 0.4) is 0 Å². The first-order valence-electron chi connectivity index (χ1n) is 6.39. The van der Waals surface area contributed by atoms with Crippen molar-refractivity contribution in [3.05, 3.63) is 28.3 Å². The van der Waals surface area contributed by atoms with Crippen molar-refractivity contribution in [2.24, 2.45) is 0 Å². The van der Waals surface area contributed by atoms with Gasteiger partial charge in [0.15, 0.2) is 11.9 Å². The van der Waals surface area contributed by atoms with E-state index in [2.05, 4.69) is 0 Å². The van der Waals surface area contributed by atoms with E-state index in [9.17, 15) is 15.0 Å². The maximum Gasteiger partial charge on any atom is 0.173 e. The van der Waals surface area contributed by atoms with Gasteiger partial charge in [0.05, 0.1) is 12.1 Å². The maximum atomic E-state index is 11.5. The third-order valence-electron chi connectivity index (χ3n) is 4.18. The number of halogens is 1. The van der Waals surface area contributed by atoms with Crippen molar-refractivity contribution in [2.45, 2.75) is 43.8 Å². The number of aldehydes is 1. The number of aliphatic hydroxyl groups is 2. The summed E-state index contributed by atoms with van der Waals surface area (Å²) in [5.41, 5.74) is -3.03. The maximum absolute atomic E-state index is 11.5. The van der Waals surface area contributed by atoms with Crippen molar-refractivity contribution in [1.82, 2.24) is 0 Å². The predicted octanol–water partition coefficient (Wildman–Crippen LogP) is 2.17. The third-order valence-corrected chi connectivity index (χ3v) is 4.48. The van der Waals surface area contributed by atoms with E-state index in [1.807, 2.05) is 13.8 Å². The lowest BCUT2D eigenvalue weighted by Gasteiger charge is -2.49. The smallest absolute Gasteiger partial charge is 0.173 e. The minimum Gasteiger partial charge on any atom is -0.495 e. The van der Waals surface area contributed by atoms with Crippen LogP contribution in [0.2, 0.25) is 5.02 Å². The Morgan fingerprint density at radius 2 is 1.90 bits per heavy atom. The molecule has 0 saturated carbocycles. The first kappa shape index (κ1) is 15.3. The molecule has 0 spiro atoms. The highest BCUT2D eigenvalue weighted by atomic mass is 35.5. The monoisotopic (exact) mass is 298 g/mol. The first-order chi connectivity index (χ1) is 9.10. The van der Waals surface area contributed by atoms with Gasteiger partial charge in [0.25, 0.3) is 0 Å². The van der Waals surface area contributed by atoms with Crippen molar-refractivity contribution in [3.8, 4) is 5.75 Å². The number of methoxy groups -OCH3 is 1. The van der Waals surface area contributed by atoms with Crippen LogP contribution in [-0.2, 0) is 15.8 Å². The first-order valence-corrected chi connectivity index (χ1v) is 6.77. The molecule has 110 valence electrons. The van der Waals surface area contributed by atoms with E-state index < -0.39 is 16.6 Å². The average molecular weight is 299 g/mol. The highest BCUT2D eigenvalue weighted by Crippen LogP contribution is 2.53. The van der Waals surface area contributed by atoms with Gasteiger partial charge in [-0.15, -0.1) is 0 Å². The van der Waals surface area contributed by atoms with Gasteiger partial charge in [-0.05, 0) is 24.8 Å². The summed E-state index contributed by atoms with van der Waals surface area (Å²) < 4.78 is 5.34. The lowest BCUT2D eigenvalue weighted by atomic mass is 9.60. The second-order valence-corrected chi connectivity index (χ2v) is 6.63. The van der Waals surface area contributed by atoms with Gasteiger partial charge in [0, 0.05) is 11.1 Å². The zero-order valence-electron chi connectivity index (χ0n) is 12.0. The van der Waals surface area contributed by atoms with Gasteiger partial charge in [-0.3, -0.25) is 4.79 Å². The number of fused-ring (bicyclic) bond motifs is 1. The van der Waals surface area contributed by atoms with Crippen molar-refractivity contribution < 1.29 is 19.7 Å². The van der Waals surface area contributed by atoms with Gasteiger partial charge in [0.2, 0.25) is 0 Å². The molecule has 0 bridgehead atoms. The molecule has 1 aromatic carbocycles. The molecule has 4 nitrogen and oxygen atoms in total. The minimum absolute atomic E-state index is 0.207. The molecule has 2 N–H and O–H groups in total. The summed E-state index contributed by atoms with van der Waals surface area (Å²) in [7, 11) is 1.49. The van der Waals surface area contributed by atoms with E-state index >= 15 is 0 Å². The second kappa shape index (κ2) is 4.45. The molecule has 1 aliphatic carbocycles. The zero-order chi connectivity index (χ0) is 15.3. The molecule has 0 amide bonds. The largest absolute Gasteiger partial charge is 0.495 e. The Kier molecular flexibility index (Phi) is 3.40. The fraction of sp³-hybridized carbons (Fsp3) is 0.533. The number of hydrogen-bond acceptors (Lipinski definition) is 4. The SMILES string of the molecule is COc1c(Cl)ccc2c1C(C)(C)CC(C)(O)C2(O)C=O. The number of rotatable bonds is 2. The van der Waals surface area contributed by atoms with Crippen molar-refractivity contribution >= 4 is 17.9 Å². The fourth-order valence-electron chi connectivity index (χ4n) is 3.31. The van der Waals surface area contributed by atoms with Crippen molar-refractivity contribution in [1.29, 1.82) is 0 Å². The molecule has 0 aromatic heterocycles. The van der Waals surface area contributed by atoms with E-state index in [1.165, 1.54) is 14.0 Å². The van der Waals surface area contributed by atoms with Crippen LogP contribution in [0.4, 0.5) is 0 Å². The Morgan fingerprint density at radius 1 is 1.30 bits per heavy atom. The summed E-state index contributed by atoms with van der Waals surface area (Å²) >= 11 is 6.14. The van der Waals surface area contributed by atoms with Gasteiger partial charge in [-0.2, -0.15) is 0 Å². The molecule has 0 fully saturated rings. The molecule has 2 atom stereocenters. The predicted molar refractivity (Wildman–Crippen MR) is 76.2 cm³/mol. The van der Waals surface area contributed by atoms with E-state index in [0.717, 1.165) is 0 Å². The van der Waals surface area contributed by atoms with E-state index in [4.69, 9.17) is 16.3 Å². The third kappa shape index (κ3) is 1.86. The van der Waals surface area contributed by atoms with Crippen molar-refractivity contribution in [3.63, 3.8) is 0 Å². The molecule has 0 aliphatic heterocycles. The number of hydrogen-bond donors (Lipinski definition) is 2. The fourth-order valence-corrected chi connectivity index (χ4v) is 3.55. The zero-order valence-corrected chi connectivity index (χ0v) is 12.8. The van der Waals surface area contributed by atoms with Gasteiger partial charge in [0.1, 0.15) is 11.4 Å². The lowest BCUT2D eigenvalue weighted by molar-refractivity contribution is -0.171. The average Bonchev–Trinajstić information content (AvgIpc) is 2.34. The van der Waals surface area contributed by atoms with Crippen LogP contribution >= 0.6 is 11.6 Å². The van der Waals surface area contributed by atoms with Crippen LogP contribution in [0.5, 0.6) is 5.75 Å². The van der Waals surface area contributed by atoms with Crippen LogP contribution < -0.4 is 4.74 Å². The highest BCUT2D eigenvalue weighted by Gasteiger charge is 2.56. The summed E-state index contributed by atoms with van der Waals surface area (Å²) in [6, 6.07) is 3.13. The number of carbonyl (C=O) groups excluding carboxylic acids is 1. The van der Waals surface area contributed by atoms with Gasteiger partial charge < -0.3 is 14.9 Å². The molecular weight excluding hydrogens is 280 g/mol. The van der Waals surface area contributed by atoms with E-state index in [0.29, 0.717) is 28.2 Å². The Balaban J connectivity index is 2.88. The number of carbonyl (C=O) groups is 1. The molecule has 2 rings (SSSR count). The number of ether oxygens (including phenoxy) is 1. The normalized spacial score (nSPS) is 31.6. The van der Waals surface area contributed by atoms with Gasteiger partial charge in [-0.1, -0.05) is 31.5 Å². The molecule has 0 saturated heterocycles. The summed E-state index contributed by atoms with van der Waals surface area (Å²) in [5, 5.41) is 21.7. The Morgan fingerprint density at radius 3 is 2.40 bits per heavy atom. The quantitative estimate of drug-likeness (QED) is 0.821. The van der Waals surface area contributed by atoms with Crippen LogP contribution in [0.15, 0.2) is 12.1 Å². The van der Waals surface area contributed by atoms with E-state index in [-0.39, 0.29) is 6.42 Å². The lowest BCUT2D eigenvalue weighted by Crippen LogP contribution is -2.58. The van der Waals surface area contributed by atoms with Gasteiger partial charge >= 0.3 is 0 Å². The molecular formula is C15H19ClO4. The molecule has 1 aromatic rings.